The summed E-state index contributed by atoms with van der Waals surface area (Å²) in [6.45, 7) is 2.07. The summed E-state index contributed by atoms with van der Waals surface area (Å²) in [6, 6.07) is 10.2. The molecule has 1 aromatic carbocycles. The monoisotopic (exact) mass is 334 g/mol. The van der Waals surface area contributed by atoms with Crippen molar-refractivity contribution >= 4 is 18.4 Å². The highest BCUT2D eigenvalue weighted by molar-refractivity contribution is 5.85. The molecule has 1 spiro atoms. The van der Waals surface area contributed by atoms with Gasteiger partial charge >= 0.3 is 6.01 Å². The first-order valence-corrected chi connectivity index (χ1v) is 8.15. The third-order valence-corrected chi connectivity index (χ3v) is 5.23. The molecule has 0 amide bonds. The Morgan fingerprint density at radius 2 is 1.83 bits per heavy atom. The van der Waals surface area contributed by atoms with E-state index in [2.05, 4.69) is 15.1 Å². The van der Waals surface area contributed by atoms with Crippen LogP contribution < -0.4 is 10.6 Å². The molecule has 2 fully saturated rings. The Hall–Kier alpha value is -1.59. The van der Waals surface area contributed by atoms with Gasteiger partial charge < -0.3 is 15.1 Å². The number of anilines is 1. The molecule has 6 heteroatoms. The normalized spacial score (nSPS) is 20.7. The summed E-state index contributed by atoms with van der Waals surface area (Å²) >= 11 is 0. The van der Waals surface area contributed by atoms with E-state index in [1.165, 1.54) is 32.1 Å². The molecule has 0 bridgehead atoms. The van der Waals surface area contributed by atoms with E-state index in [4.69, 9.17) is 10.2 Å². The van der Waals surface area contributed by atoms with Crippen molar-refractivity contribution in [2.45, 2.75) is 38.1 Å². The van der Waals surface area contributed by atoms with E-state index in [0.29, 0.717) is 17.3 Å². The second kappa shape index (κ2) is 6.49. The number of rotatable bonds is 3. The van der Waals surface area contributed by atoms with Gasteiger partial charge in [0.25, 0.3) is 0 Å². The number of hydrogen-bond donors (Lipinski definition) is 1. The zero-order valence-corrected chi connectivity index (χ0v) is 14.0. The Morgan fingerprint density at radius 1 is 1.09 bits per heavy atom. The topological polar surface area (TPSA) is 68.2 Å². The van der Waals surface area contributed by atoms with Gasteiger partial charge in [-0.3, -0.25) is 0 Å². The third-order valence-electron chi connectivity index (χ3n) is 5.23. The van der Waals surface area contributed by atoms with Crippen molar-refractivity contribution < 1.29 is 4.42 Å². The summed E-state index contributed by atoms with van der Waals surface area (Å²) in [5.41, 5.74) is 7.72. The van der Waals surface area contributed by atoms with E-state index < -0.39 is 0 Å². The van der Waals surface area contributed by atoms with E-state index in [9.17, 15) is 0 Å². The smallest absolute Gasteiger partial charge is 0.318 e. The maximum absolute atomic E-state index is 6.23. The fourth-order valence-corrected chi connectivity index (χ4v) is 3.91. The van der Waals surface area contributed by atoms with Crippen LogP contribution in [-0.4, -0.2) is 23.3 Å². The van der Waals surface area contributed by atoms with Crippen LogP contribution in [0.25, 0.3) is 0 Å². The molecule has 1 atom stereocenters. The minimum atomic E-state index is -0.356. The van der Waals surface area contributed by atoms with Crippen molar-refractivity contribution in [2.24, 2.45) is 11.1 Å². The van der Waals surface area contributed by atoms with E-state index in [1.807, 2.05) is 30.3 Å². The Kier molecular flexibility index (Phi) is 4.60. The van der Waals surface area contributed by atoms with Crippen LogP contribution >= 0.6 is 12.4 Å². The molecule has 4 rings (SSSR count). The van der Waals surface area contributed by atoms with Gasteiger partial charge in [0.05, 0.1) is 0 Å². The highest BCUT2D eigenvalue weighted by Gasteiger charge is 2.41. The molecule has 23 heavy (non-hydrogen) atoms. The summed E-state index contributed by atoms with van der Waals surface area (Å²) in [7, 11) is 0. The molecule has 2 aliphatic rings. The van der Waals surface area contributed by atoms with Crippen LogP contribution in [0.2, 0.25) is 0 Å². The van der Waals surface area contributed by atoms with Crippen LogP contribution in [0.4, 0.5) is 6.01 Å². The highest BCUT2D eigenvalue weighted by Crippen LogP contribution is 2.46. The lowest BCUT2D eigenvalue weighted by Gasteiger charge is -2.22. The van der Waals surface area contributed by atoms with E-state index >= 15 is 0 Å². The molecular weight excluding hydrogens is 312 g/mol. The Labute approximate surface area is 142 Å². The van der Waals surface area contributed by atoms with E-state index in [-0.39, 0.29) is 18.4 Å². The molecule has 1 aliphatic heterocycles. The molecule has 1 saturated heterocycles. The van der Waals surface area contributed by atoms with Crippen molar-refractivity contribution in [3.63, 3.8) is 0 Å². The summed E-state index contributed by atoms with van der Waals surface area (Å²) in [5.74, 6) is 0.494. The largest absolute Gasteiger partial charge is 0.406 e. The molecule has 5 nitrogen and oxygen atoms in total. The number of halogens is 1. The van der Waals surface area contributed by atoms with Crippen molar-refractivity contribution in [3.8, 4) is 0 Å². The van der Waals surface area contributed by atoms with Crippen LogP contribution in [0.15, 0.2) is 34.7 Å². The molecule has 1 saturated carbocycles. The van der Waals surface area contributed by atoms with Crippen LogP contribution in [0.1, 0.15) is 49.6 Å². The molecular formula is C17H23ClN4O. The molecule has 2 heterocycles. The lowest BCUT2D eigenvalue weighted by atomic mass is 9.86. The van der Waals surface area contributed by atoms with Gasteiger partial charge in [0, 0.05) is 13.1 Å². The van der Waals surface area contributed by atoms with Gasteiger partial charge in [-0.15, -0.1) is 17.5 Å². The Bertz CT molecular complexity index is 639. The van der Waals surface area contributed by atoms with Crippen molar-refractivity contribution in [2.75, 3.05) is 18.0 Å². The molecule has 1 aliphatic carbocycles. The fraction of sp³-hybridized carbons (Fsp3) is 0.529. The molecule has 0 radical (unpaired) electrons. The van der Waals surface area contributed by atoms with Gasteiger partial charge in [0.15, 0.2) is 0 Å². The predicted octanol–water partition coefficient (Wildman–Crippen LogP) is 3.31. The first kappa shape index (κ1) is 16.3. The van der Waals surface area contributed by atoms with Gasteiger partial charge in [0.2, 0.25) is 5.89 Å². The number of hydrogen-bond acceptors (Lipinski definition) is 5. The lowest BCUT2D eigenvalue weighted by molar-refractivity contribution is 0.338. The van der Waals surface area contributed by atoms with Gasteiger partial charge in [-0.1, -0.05) is 48.3 Å². The molecule has 1 aromatic heterocycles. The second-order valence-electron chi connectivity index (χ2n) is 6.69. The summed E-state index contributed by atoms with van der Waals surface area (Å²) in [5, 5.41) is 8.40. The van der Waals surface area contributed by atoms with Gasteiger partial charge in [-0.2, -0.15) is 0 Å². The average Bonchev–Trinajstić information content (AvgIpc) is 3.29. The van der Waals surface area contributed by atoms with Crippen LogP contribution in [0, 0.1) is 5.41 Å². The lowest BCUT2D eigenvalue weighted by Crippen LogP contribution is -2.25. The molecule has 0 unspecified atom stereocenters. The van der Waals surface area contributed by atoms with Gasteiger partial charge in [-0.25, -0.2) is 0 Å². The first-order chi connectivity index (χ1) is 10.8. The quantitative estimate of drug-likeness (QED) is 0.932. The molecule has 2 N–H and O–H groups in total. The number of nitrogens with two attached hydrogens (primary N) is 1. The predicted molar refractivity (Wildman–Crippen MR) is 91.7 cm³/mol. The molecule has 124 valence electrons. The summed E-state index contributed by atoms with van der Waals surface area (Å²) < 4.78 is 5.87. The SMILES string of the molecule is Cl.N[C@H](c1ccccc1)c1nnc(N2CCC3(CCCC3)C2)o1. The van der Waals surface area contributed by atoms with Gasteiger partial charge in [-0.05, 0) is 30.2 Å². The van der Waals surface area contributed by atoms with E-state index in [0.717, 1.165) is 18.7 Å². The Morgan fingerprint density at radius 3 is 2.57 bits per heavy atom. The number of benzene rings is 1. The highest BCUT2D eigenvalue weighted by atomic mass is 35.5. The molecule has 2 aromatic rings. The average molecular weight is 335 g/mol. The maximum atomic E-state index is 6.23. The summed E-state index contributed by atoms with van der Waals surface area (Å²) in [6.07, 6.45) is 6.65. The fourth-order valence-electron chi connectivity index (χ4n) is 3.91. The van der Waals surface area contributed by atoms with E-state index in [1.54, 1.807) is 0 Å². The van der Waals surface area contributed by atoms with Gasteiger partial charge in [0.1, 0.15) is 6.04 Å². The van der Waals surface area contributed by atoms with Crippen LogP contribution in [0.3, 0.4) is 0 Å². The third kappa shape index (κ3) is 3.08. The minimum absolute atomic E-state index is 0. The van der Waals surface area contributed by atoms with Crippen LogP contribution in [-0.2, 0) is 0 Å². The second-order valence-corrected chi connectivity index (χ2v) is 6.69. The number of nitrogens with zero attached hydrogens (tertiary/aromatic N) is 3. The first-order valence-electron chi connectivity index (χ1n) is 8.15. The zero-order chi connectivity index (χ0) is 15.0. The zero-order valence-electron chi connectivity index (χ0n) is 13.1. The van der Waals surface area contributed by atoms with Crippen molar-refractivity contribution in [1.29, 1.82) is 0 Å². The standard InChI is InChI=1S/C17H22N4O.ClH/c18-14(13-6-2-1-3-7-13)15-19-20-16(22-15)21-11-10-17(12-21)8-4-5-9-17;/h1-3,6-7,14H,4-5,8-12,18H2;1H/t14-;/m1./s1. The van der Waals surface area contributed by atoms with Crippen molar-refractivity contribution in [3.05, 3.63) is 41.8 Å². The summed E-state index contributed by atoms with van der Waals surface area (Å²) in [4.78, 5) is 2.24. The maximum Gasteiger partial charge on any atom is 0.318 e. The van der Waals surface area contributed by atoms with Crippen molar-refractivity contribution in [1.82, 2.24) is 10.2 Å². The number of aromatic nitrogens is 2. The van der Waals surface area contributed by atoms with Crippen LogP contribution in [0.5, 0.6) is 0 Å². The minimum Gasteiger partial charge on any atom is -0.406 e. The Balaban J connectivity index is 0.00000156.